The van der Waals surface area contributed by atoms with E-state index in [2.05, 4.69) is 5.32 Å². The Morgan fingerprint density at radius 1 is 0.889 bits per heavy atom. The van der Waals surface area contributed by atoms with Crippen LogP contribution in [-0.2, 0) is 36.3 Å². The van der Waals surface area contributed by atoms with Gasteiger partial charge in [0.15, 0.2) is 16.4 Å². The Hall–Kier alpha value is -3.00. The van der Waals surface area contributed by atoms with Gasteiger partial charge in [0.25, 0.3) is 5.91 Å². The second-order valence-corrected chi connectivity index (χ2v) is 8.12. The third-order valence-electron chi connectivity index (χ3n) is 3.44. The lowest BCUT2D eigenvalue weighted by atomic mass is 10.1. The summed E-state index contributed by atoms with van der Waals surface area (Å²) in [7, 11) is -3.17. The van der Waals surface area contributed by atoms with Gasteiger partial charge in [0.2, 0.25) is 5.91 Å². The summed E-state index contributed by atoms with van der Waals surface area (Å²) in [6, 6.07) is 14.8. The first-order valence-electron chi connectivity index (χ1n) is 8.03. The second-order valence-electron chi connectivity index (χ2n) is 5.98. The highest BCUT2D eigenvalue weighted by Gasteiger charge is 2.13. The fourth-order valence-corrected chi connectivity index (χ4v) is 3.07. The molecule has 0 unspecified atom stereocenters. The van der Waals surface area contributed by atoms with Gasteiger partial charge in [0, 0.05) is 6.26 Å². The molecule has 0 heterocycles. The maximum absolute atomic E-state index is 11.9. The summed E-state index contributed by atoms with van der Waals surface area (Å²) in [5, 5.41) is 2.15. The largest absolute Gasteiger partial charge is 0.452 e. The number of esters is 1. The molecule has 0 aliphatic rings. The maximum atomic E-state index is 11.9. The van der Waals surface area contributed by atoms with Gasteiger partial charge < -0.3 is 4.74 Å². The minimum atomic E-state index is -3.17. The molecule has 7 nitrogen and oxygen atoms in total. The smallest absolute Gasteiger partial charge is 0.338 e. The van der Waals surface area contributed by atoms with Crippen molar-refractivity contribution in [1.29, 1.82) is 0 Å². The van der Waals surface area contributed by atoms with Crippen molar-refractivity contribution in [1.82, 2.24) is 5.32 Å². The molecule has 2 aromatic carbocycles. The first-order valence-corrected chi connectivity index (χ1v) is 10.1. The summed E-state index contributed by atoms with van der Waals surface area (Å²) in [5.74, 6) is -2.09. The molecule has 0 saturated heterocycles. The van der Waals surface area contributed by atoms with E-state index in [1.165, 1.54) is 24.3 Å². The lowest BCUT2D eigenvalue weighted by Crippen LogP contribution is -2.35. The van der Waals surface area contributed by atoms with Crippen LogP contribution in [0.3, 0.4) is 0 Å². The lowest BCUT2D eigenvalue weighted by molar-refractivity contribution is -0.132. The van der Waals surface area contributed by atoms with Gasteiger partial charge in [-0.2, -0.15) is 0 Å². The van der Waals surface area contributed by atoms with Crippen molar-refractivity contribution in [2.24, 2.45) is 0 Å². The van der Waals surface area contributed by atoms with E-state index in [1.807, 2.05) is 6.07 Å². The van der Waals surface area contributed by atoms with Crippen molar-refractivity contribution in [3.8, 4) is 0 Å². The van der Waals surface area contributed by atoms with Crippen LogP contribution in [-0.4, -0.2) is 39.1 Å². The Kier molecular flexibility index (Phi) is 6.84. The van der Waals surface area contributed by atoms with Gasteiger partial charge in [-0.05, 0) is 23.3 Å². The zero-order chi connectivity index (χ0) is 19.9. The van der Waals surface area contributed by atoms with Crippen LogP contribution in [0.1, 0.15) is 21.5 Å². The molecule has 0 aliphatic carbocycles. The van der Waals surface area contributed by atoms with Crippen molar-refractivity contribution in [2.75, 3.05) is 12.9 Å². The molecule has 1 N–H and O–H groups in total. The molecular weight excluding hydrogens is 370 g/mol. The molecule has 0 saturated carbocycles. The molecule has 2 rings (SSSR count). The monoisotopic (exact) mass is 389 g/mol. The quantitative estimate of drug-likeness (QED) is 0.715. The second kappa shape index (κ2) is 9.09. The van der Waals surface area contributed by atoms with Crippen LogP contribution < -0.4 is 5.32 Å². The highest BCUT2D eigenvalue weighted by atomic mass is 32.2. The van der Waals surface area contributed by atoms with Gasteiger partial charge in [-0.1, -0.05) is 42.5 Å². The lowest BCUT2D eigenvalue weighted by Gasteiger charge is -2.07. The zero-order valence-corrected chi connectivity index (χ0v) is 15.5. The number of hydrogen-bond donors (Lipinski definition) is 1. The van der Waals surface area contributed by atoms with Crippen molar-refractivity contribution in [3.05, 3.63) is 71.3 Å². The number of ether oxygens (including phenoxy) is 1. The number of imide groups is 1. The summed E-state index contributed by atoms with van der Waals surface area (Å²) < 4.78 is 27.3. The predicted molar refractivity (Wildman–Crippen MR) is 98.6 cm³/mol. The van der Waals surface area contributed by atoms with Gasteiger partial charge in [0.05, 0.1) is 17.7 Å². The van der Waals surface area contributed by atoms with Crippen molar-refractivity contribution < 1.29 is 27.5 Å². The minimum Gasteiger partial charge on any atom is -0.452 e. The van der Waals surface area contributed by atoms with E-state index in [0.29, 0.717) is 5.56 Å². The Morgan fingerprint density at radius 2 is 1.52 bits per heavy atom. The average Bonchev–Trinajstić information content (AvgIpc) is 2.59. The highest BCUT2D eigenvalue weighted by molar-refractivity contribution is 7.89. The first kappa shape index (κ1) is 20.3. The zero-order valence-electron chi connectivity index (χ0n) is 14.7. The Morgan fingerprint density at radius 3 is 2.11 bits per heavy atom. The predicted octanol–water partition coefficient (Wildman–Crippen LogP) is 1.27. The molecule has 142 valence electrons. The first-order chi connectivity index (χ1) is 12.7. The number of benzene rings is 2. The summed E-state index contributed by atoms with van der Waals surface area (Å²) in [6.07, 6.45) is 1.16. The molecule has 0 atom stereocenters. The number of sulfone groups is 1. The van der Waals surface area contributed by atoms with Crippen LogP contribution in [0.15, 0.2) is 54.6 Å². The van der Waals surface area contributed by atoms with E-state index >= 15 is 0 Å². The number of nitrogens with one attached hydrogen (secondary N) is 1. The molecule has 0 radical (unpaired) electrons. The van der Waals surface area contributed by atoms with Crippen LogP contribution in [0, 0.1) is 0 Å². The van der Waals surface area contributed by atoms with Gasteiger partial charge in [-0.3, -0.25) is 14.9 Å². The molecule has 8 heteroatoms. The molecule has 0 bridgehead atoms. The van der Waals surface area contributed by atoms with Crippen molar-refractivity contribution >= 4 is 27.6 Å². The standard InChI is InChI=1S/C19H19NO6S/c1-27(24,25)13-15-7-9-16(10-8-15)19(23)26-12-18(22)20-17(21)11-14-5-3-2-4-6-14/h2-10H,11-13H2,1H3,(H,20,21,22). The molecule has 2 aromatic rings. The highest BCUT2D eigenvalue weighted by Crippen LogP contribution is 2.09. The van der Waals surface area contributed by atoms with E-state index in [0.717, 1.165) is 11.8 Å². The van der Waals surface area contributed by atoms with Gasteiger partial charge in [-0.15, -0.1) is 0 Å². The number of amides is 2. The van der Waals surface area contributed by atoms with Crippen LogP contribution >= 0.6 is 0 Å². The summed E-state index contributed by atoms with van der Waals surface area (Å²) >= 11 is 0. The number of rotatable bonds is 7. The fourth-order valence-electron chi connectivity index (χ4n) is 2.27. The molecular formula is C19H19NO6S. The topological polar surface area (TPSA) is 107 Å². The van der Waals surface area contributed by atoms with Crippen LogP contribution in [0.5, 0.6) is 0 Å². The van der Waals surface area contributed by atoms with E-state index in [-0.39, 0.29) is 17.7 Å². The Bertz CT molecular complexity index is 920. The third-order valence-corrected chi connectivity index (χ3v) is 4.30. The molecule has 0 aliphatic heterocycles. The number of hydrogen-bond acceptors (Lipinski definition) is 6. The van der Waals surface area contributed by atoms with Gasteiger partial charge >= 0.3 is 5.97 Å². The normalized spacial score (nSPS) is 10.9. The molecule has 0 fully saturated rings. The summed E-state index contributed by atoms with van der Waals surface area (Å²) in [6.45, 7) is -0.593. The maximum Gasteiger partial charge on any atom is 0.338 e. The molecule has 0 spiro atoms. The average molecular weight is 389 g/mol. The van der Waals surface area contributed by atoms with Gasteiger partial charge in [0.1, 0.15) is 0 Å². The van der Waals surface area contributed by atoms with Gasteiger partial charge in [-0.25, -0.2) is 13.2 Å². The fraction of sp³-hybridized carbons (Fsp3) is 0.211. The van der Waals surface area contributed by atoms with E-state index in [4.69, 9.17) is 4.74 Å². The molecule has 0 aromatic heterocycles. The van der Waals surface area contributed by atoms with Crippen molar-refractivity contribution in [3.63, 3.8) is 0 Å². The Balaban J connectivity index is 1.80. The SMILES string of the molecule is CS(=O)(=O)Cc1ccc(C(=O)OCC(=O)NC(=O)Cc2ccccc2)cc1. The number of carbonyl (C=O) groups is 3. The van der Waals surface area contributed by atoms with Crippen LogP contribution in [0.2, 0.25) is 0 Å². The Labute approximate surface area is 157 Å². The van der Waals surface area contributed by atoms with E-state index in [9.17, 15) is 22.8 Å². The van der Waals surface area contributed by atoms with Crippen LogP contribution in [0.4, 0.5) is 0 Å². The molecule has 2 amide bonds. The summed E-state index contributed by atoms with van der Waals surface area (Å²) in [5.41, 5.74) is 1.47. The van der Waals surface area contributed by atoms with Crippen molar-refractivity contribution in [2.45, 2.75) is 12.2 Å². The minimum absolute atomic E-state index is 0.0440. The number of carbonyl (C=O) groups excluding carboxylic acids is 3. The van der Waals surface area contributed by atoms with Crippen LogP contribution in [0.25, 0.3) is 0 Å². The molecule has 27 heavy (non-hydrogen) atoms. The third kappa shape index (κ3) is 7.41. The van der Waals surface area contributed by atoms with E-state index < -0.39 is 34.2 Å². The summed E-state index contributed by atoms with van der Waals surface area (Å²) in [4.78, 5) is 35.4. The van der Waals surface area contributed by atoms with E-state index in [1.54, 1.807) is 24.3 Å².